The van der Waals surface area contributed by atoms with E-state index >= 15 is 0 Å². The summed E-state index contributed by atoms with van der Waals surface area (Å²) in [6.45, 7) is 2.04. The van der Waals surface area contributed by atoms with E-state index in [0.29, 0.717) is 11.5 Å². The summed E-state index contributed by atoms with van der Waals surface area (Å²) >= 11 is 0. The minimum absolute atomic E-state index is 0.259. The Morgan fingerprint density at radius 3 is 2.72 bits per heavy atom. The Morgan fingerprint density at radius 2 is 1.92 bits per heavy atom. The van der Waals surface area contributed by atoms with Crippen molar-refractivity contribution in [1.82, 2.24) is 15.2 Å². The lowest BCUT2D eigenvalue weighted by Crippen LogP contribution is -2.00. The number of rotatable bonds is 3. The summed E-state index contributed by atoms with van der Waals surface area (Å²) in [6, 6.07) is 12.7. The number of nitrogens with zero attached hydrogens (tertiary/aromatic N) is 2. The van der Waals surface area contributed by atoms with E-state index in [1.165, 1.54) is 6.26 Å². The average molecular weight is 352 g/mol. The second kappa shape index (κ2) is 5.56. The molecule has 6 nitrogen and oxygen atoms in total. The molecular formula is C18H16N4O2S. The van der Waals surface area contributed by atoms with Crippen LogP contribution in [0.3, 0.4) is 0 Å². The van der Waals surface area contributed by atoms with Gasteiger partial charge in [-0.3, -0.25) is 5.10 Å². The van der Waals surface area contributed by atoms with Crippen molar-refractivity contribution in [2.75, 3.05) is 11.6 Å². The molecule has 4 aromatic rings. The summed E-state index contributed by atoms with van der Waals surface area (Å²) < 4.78 is 23.5. The molecule has 0 bridgehead atoms. The highest BCUT2D eigenvalue weighted by Crippen LogP contribution is 2.30. The Labute approximate surface area is 144 Å². The molecule has 0 spiro atoms. The molecule has 4 rings (SSSR count). The van der Waals surface area contributed by atoms with E-state index in [1.807, 2.05) is 19.1 Å². The average Bonchev–Trinajstić information content (AvgIpc) is 3.05. The van der Waals surface area contributed by atoms with Crippen LogP contribution in [0.15, 0.2) is 53.6 Å². The number of nitrogens with one attached hydrogen (secondary N) is 2. The van der Waals surface area contributed by atoms with Gasteiger partial charge >= 0.3 is 0 Å². The number of aromatic nitrogens is 3. The summed E-state index contributed by atoms with van der Waals surface area (Å²) in [6.07, 6.45) is 2.96. The van der Waals surface area contributed by atoms with Crippen molar-refractivity contribution in [3.05, 3.63) is 54.2 Å². The molecule has 2 aromatic heterocycles. The van der Waals surface area contributed by atoms with Gasteiger partial charge in [0.1, 0.15) is 5.52 Å². The topological polar surface area (TPSA) is 87.7 Å². The van der Waals surface area contributed by atoms with Gasteiger partial charge in [0.25, 0.3) is 0 Å². The minimum atomic E-state index is -3.27. The van der Waals surface area contributed by atoms with E-state index in [2.05, 4.69) is 26.6 Å². The van der Waals surface area contributed by atoms with Crippen LogP contribution in [-0.4, -0.2) is 29.9 Å². The van der Waals surface area contributed by atoms with Crippen molar-refractivity contribution in [3.8, 4) is 0 Å². The molecule has 126 valence electrons. The lowest BCUT2D eigenvalue weighted by atomic mass is 10.1. The number of fused-ring (bicyclic) bond motifs is 3. The van der Waals surface area contributed by atoms with Crippen LogP contribution in [0.25, 0.3) is 21.8 Å². The lowest BCUT2D eigenvalue weighted by molar-refractivity contribution is 0.602. The normalized spacial score (nSPS) is 11.9. The number of hydrogen-bond acceptors (Lipinski definition) is 5. The van der Waals surface area contributed by atoms with Crippen molar-refractivity contribution in [3.63, 3.8) is 0 Å². The molecule has 0 amide bonds. The predicted octanol–water partition coefficient (Wildman–Crippen LogP) is 3.57. The third kappa shape index (κ3) is 2.83. The lowest BCUT2D eigenvalue weighted by Gasteiger charge is -2.10. The van der Waals surface area contributed by atoms with Gasteiger partial charge in [0.15, 0.2) is 15.7 Å². The number of sulfone groups is 1. The maximum atomic E-state index is 11.8. The highest BCUT2D eigenvalue weighted by atomic mass is 32.2. The molecule has 2 N–H and O–H groups in total. The molecule has 0 aliphatic heterocycles. The van der Waals surface area contributed by atoms with Crippen LogP contribution in [0.1, 0.15) is 5.56 Å². The summed E-state index contributed by atoms with van der Waals surface area (Å²) in [5, 5.41) is 12.3. The highest BCUT2D eigenvalue weighted by Gasteiger charge is 2.12. The van der Waals surface area contributed by atoms with Crippen LogP contribution in [0.5, 0.6) is 0 Å². The van der Waals surface area contributed by atoms with Crippen molar-refractivity contribution in [1.29, 1.82) is 0 Å². The smallest absolute Gasteiger partial charge is 0.175 e. The summed E-state index contributed by atoms with van der Waals surface area (Å²) in [7, 11) is -3.27. The van der Waals surface area contributed by atoms with Gasteiger partial charge in [-0.25, -0.2) is 13.4 Å². The Balaban J connectivity index is 1.87. The maximum Gasteiger partial charge on any atom is 0.175 e. The van der Waals surface area contributed by atoms with Crippen LogP contribution in [0, 0.1) is 6.92 Å². The fraction of sp³-hybridized carbons (Fsp3) is 0.111. The first-order chi connectivity index (χ1) is 11.9. The highest BCUT2D eigenvalue weighted by molar-refractivity contribution is 7.90. The van der Waals surface area contributed by atoms with Crippen molar-refractivity contribution in [2.24, 2.45) is 0 Å². The standard InChI is InChI=1S/C18H16N4O2S/c1-11-6-7-16-14(8-11)15-10-19-22-17(15)18(21-16)20-12-4-3-5-13(9-12)25(2,23)24/h3-10H,1-2H3,(H,19,22)(H,20,21). The zero-order valence-electron chi connectivity index (χ0n) is 13.7. The second-order valence-electron chi connectivity index (χ2n) is 6.06. The molecule has 2 heterocycles. The van der Waals surface area contributed by atoms with Crippen LogP contribution in [0.2, 0.25) is 0 Å². The molecule has 0 fully saturated rings. The predicted molar refractivity (Wildman–Crippen MR) is 99.0 cm³/mol. The first-order valence-corrected chi connectivity index (χ1v) is 9.61. The molecule has 25 heavy (non-hydrogen) atoms. The molecule has 0 aliphatic carbocycles. The number of H-pyrrole nitrogens is 1. The number of hydrogen-bond donors (Lipinski definition) is 2. The third-order valence-electron chi connectivity index (χ3n) is 4.08. The van der Waals surface area contributed by atoms with Gasteiger partial charge < -0.3 is 5.32 Å². The molecule has 0 atom stereocenters. The van der Waals surface area contributed by atoms with Crippen molar-refractivity contribution >= 4 is 43.1 Å². The Kier molecular flexibility index (Phi) is 3.47. The number of anilines is 2. The summed E-state index contributed by atoms with van der Waals surface area (Å²) in [5.41, 5.74) is 3.43. The van der Waals surface area contributed by atoms with Crippen LogP contribution in [0.4, 0.5) is 11.5 Å². The van der Waals surface area contributed by atoms with Gasteiger partial charge in [0.2, 0.25) is 0 Å². The zero-order chi connectivity index (χ0) is 17.6. The fourth-order valence-corrected chi connectivity index (χ4v) is 3.51. The Morgan fingerprint density at radius 1 is 1.08 bits per heavy atom. The van der Waals surface area contributed by atoms with Gasteiger partial charge in [0, 0.05) is 22.7 Å². The fourth-order valence-electron chi connectivity index (χ4n) is 2.84. The minimum Gasteiger partial charge on any atom is -0.338 e. The first kappa shape index (κ1) is 15.6. The zero-order valence-corrected chi connectivity index (χ0v) is 14.6. The van der Waals surface area contributed by atoms with Crippen molar-refractivity contribution < 1.29 is 8.42 Å². The number of aromatic amines is 1. The van der Waals surface area contributed by atoms with Crippen molar-refractivity contribution in [2.45, 2.75) is 11.8 Å². The van der Waals surface area contributed by atoms with Gasteiger partial charge in [-0.1, -0.05) is 17.7 Å². The molecule has 2 aromatic carbocycles. The Bertz CT molecular complexity index is 1210. The molecule has 0 aliphatic rings. The van der Waals surface area contributed by atoms with E-state index in [9.17, 15) is 8.42 Å². The number of benzene rings is 2. The van der Waals surface area contributed by atoms with E-state index in [4.69, 9.17) is 0 Å². The van der Waals surface area contributed by atoms with Crippen LogP contribution in [-0.2, 0) is 9.84 Å². The maximum absolute atomic E-state index is 11.8. The van der Waals surface area contributed by atoms with E-state index in [-0.39, 0.29) is 4.90 Å². The largest absolute Gasteiger partial charge is 0.338 e. The number of pyridine rings is 1. The molecule has 0 saturated carbocycles. The van der Waals surface area contributed by atoms with Gasteiger partial charge in [-0.2, -0.15) is 5.10 Å². The molecule has 7 heteroatoms. The quantitative estimate of drug-likeness (QED) is 0.588. The van der Waals surface area contributed by atoms with E-state index in [0.717, 1.165) is 27.4 Å². The SMILES string of the molecule is Cc1ccc2nc(Nc3cccc(S(C)(=O)=O)c3)c3[nH]ncc3c2c1. The van der Waals surface area contributed by atoms with Gasteiger partial charge in [0.05, 0.1) is 16.6 Å². The van der Waals surface area contributed by atoms with Crippen LogP contribution >= 0.6 is 0 Å². The molecule has 0 unspecified atom stereocenters. The molecule has 0 radical (unpaired) electrons. The third-order valence-corrected chi connectivity index (χ3v) is 5.19. The van der Waals surface area contributed by atoms with Gasteiger partial charge in [-0.05, 0) is 37.3 Å². The van der Waals surface area contributed by atoms with Crippen LogP contribution < -0.4 is 5.32 Å². The van der Waals surface area contributed by atoms with E-state index < -0.39 is 9.84 Å². The summed E-state index contributed by atoms with van der Waals surface area (Å²) in [4.78, 5) is 4.93. The first-order valence-electron chi connectivity index (χ1n) is 7.72. The molecule has 0 saturated heterocycles. The summed E-state index contributed by atoms with van der Waals surface area (Å²) in [5.74, 6) is 0.606. The van der Waals surface area contributed by atoms with E-state index in [1.54, 1.807) is 30.5 Å². The molecular weight excluding hydrogens is 336 g/mol. The Hall–Kier alpha value is -2.93. The second-order valence-corrected chi connectivity index (χ2v) is 8.08. The number of aryl methyl sites for hydroxylation is 1. The monoisotopic (exact) mass is 352 g/mol. The van der Waals surface area contributed by atoms with Gasteiger partial charge in [-0.15, -0.1) is 0 Å².